The van der Waals surface area contributed by atoms with Crippen LogP contribution in [0.4, 0.5) is 0 Å². The van der Waals surface area contributed by atoms with Crippen molar-refractivity contribution in [2.45, 2.75) is 183 Å². The molecule has 3 atom stereocenters. The van der Waals surface area contributed by atoms with Crippen LogP contribution in [0.25, 0.3) is 0 Å². The zero-order chi connectivity index (χ0) is 46.8. The second-order valence-corrected chi connectivity index (χ2v) is 22.4. The molecule has 0 saturated carbocycles. The molecule has 0 aliphatic rings. The summed E-state index contributed by atoms with van der Waals surface area (Å²) in [5.74, 6) is 0.473. The third-order valence-corrected chi connectivity index (χ3v) is 19.1. The molecule has 0 aromatic heterocycles. The van der Waals surface area contributed by atoms with E-state index in [2.05, 4.69) is 64.6 Å². The molecule has 0 aliphatic carbocycles. The summed E-state index contributed by atoms with van der Waals surface area (Å²) < 4.78 is 0. The molecule has 0 amide bonds. The van der Waals surface area contributed by atoms with Crippen LogP contribution < -0.4 is 0 Å². The number of nitrogens with zero attached hydrogens (tertiary/aromatic N) is 6. The van der Waals surface area contributed by atoms with E-state index in [1.165, 1.54) is 172 Å². The third kappa shape index (κ3) is 78.3. The second-order valence-electron chi connectivity index (χ2n) is 13.7. The van der Waals surface area contributed by atoms with E-state index in [1.807, 2.05) is 0 Å². The molecule has 0 aromatic carbocycles. The maximum atomic E-state index is 11.3. The van der Waals surface area contributed by atoms with Gasteiger partial charge in [0.05, 0.1) is 0 Å². The number of hydrogen-bond acceptors (Lipinski definition) is 13. The summed E-state index contributed by atoms with van der Waals surface area (Å²) >= 11 is 0. The Labute approximate surface area is 402 Å². The van der Waals surface area contributed by atoms with Gasteiger partial charge in [0.2, 0.25) is 0 Å². The molecule has 0 heterocycles. The summed E-state index contributed by atoms with van der Waals surface area (Å²) in [6.45, 7) is 18.7. The van der Waals surface area contributed by atoms with Gasteiger partial charge in [-0.25, -0.2) is 0 Å². The minimum atomic E-state index is -1.05. The minimum absolute atomic E-state index is 0. The van der Waals surface area contributed by atoms with Crippen LogP contribution >= 0.6 is 24.4 Å². The Morgan fingerprint density at radius 2 is 0.746 bits per heavy atom. The van der Waals surface area contributed by atoms with Gasteiger partial charge in [-0.15, -0.1) is 37.4 Å². The van der Waals surface area contributed by atoms with Gasteiger partial charge in [0.25, 0.3) is 0 Å². The van der Waals surface area contributed by atoms with Crippen molar-refractivity contribution >= 4 is 75.8 Å². The molecule has 23 heteroatoms. The van der Waals surface area contributed by atoms with Gasteiger partial charge < -0.3 is 31.2 Å². The molecular formula is C36H87KN6O13P3. The van der Waals surface area contributed by atoms with E-state index in [0.29, 0.717) is 13.8 Å². The quantitative estimate of drug-likeness (QED) is 0.0126. The van der Waals surface area contributed by atoms with Crippen LogP contribution in [0, 0.1) is 35.4 Å². The first-order valence-corrected chi connectivity index (χ1v) is 26.1. The van der Waals surface area contributed by atoms with Crippen LogP contribution in [-0.4, -0.2) is 136 Å². The zero-order valence-electron chi connectivity index (χ0n) is 38.2. The summed E-state index contributed by atoms with van der Waals surface area (Å²) in [6.07, 6.45) is 35.5. The fourth-order valence-corrected chi connectivity index (χ4v) is 15.8. The molecule has 7 N–H and O–H groups in total. The third-order valence-electron chi connectivity index (χ3n) is 9.01. The van der Waals surface area contributed by atoms with Crippen LogP contribution in [0.2, 0.25) is 0 Å². The van der Waals surface area contributed by atoms with Crippen molar-refractivity contribution in [2.75, 3.05) is 43.1 Å². The van der Waals surface area contributed by atoms with E-state index >= 15 is 0 Å². The van der Waals surface area contributed by atoms with Gasteiger partial charge in [0.1, 0.15) is 0 Å². The van der Waals surface area contributed by atoms with E-state index in [0.717, 1.165) is 6.42 Å². The molecule has 3 unspecified atom stereocenters. The predicted octanol–water partition coefficient (Wildman–Crippen LogP) is 13.4. The summed E-state index contributed by atoms with van der Waals surface area (Å²) in [5, 5.41) is 58.1. The minimum Gasteiger partial charge on any atom is -0.379 e. The van der Waals surface area contributed by atoms with E-state index in [4.69, 9.17) is 60.7 Å². The first-order chi connectivity index (χ1) is 27.7. The van der Waals surface area contributed by atoms with Crippen molar-refractivity contribution < 1.29 is 36.4 Å². The Balaban J connectivity index is -0.0000000999. The fourth-order valence-electron chi connectivity index (χ4n) is 7.02. The Kier molecular flexibility index (Phi) is 99.7. The van der Waals surface area contributed by atoms with Gasteiger partial charge in [0, 0.05) is 51.4 Å². The zero-order valence-corrected chi connectivity index (χ0v) is 44.4. The van der Waals surface area contributed by atoms with Crippen molar-refractivity contribution in [1.29, 1.82) is 0 Å². The molecule has 0 aromatic rings. The Hall–Kier alpha value is -0.714. The van der Waals surface area contributed by atoms with Gasteiger partial charge in [-0.3, -0.25) is 0 Å². The fraction of sp³-hybridized carbons (Fsp3) is 1.00. The Morgan fingerprint density at radius 1 is 0.458 bits per heavy atom. The second kappa shape index (κ2) is 74.7. The first kappa shape index (κ1) is 78.7. The average Bonchev–Trinajstić information content (AvgIpc) is 3.16. The molecule has 355 valence electrons. The van der Waals surface area contributed by atoms with Gasteiger partial charge >= 0.3 is 195 Å². The van der Waals surface area contributed by atoms with Gasteiger partial charge in [-0.1, -0.05) is 40.0 Å². The van der Waals surface area contributed by atoms with Crippen LogP contribution in [0.5, 0.6) is 0 Å². The van der Waals surface area contributed by atoms with Crippen LogP contribution in [0.15, 0.2) is 32.0 Å². The first-order valence-electron chi connectivity index (χ1n) is 20.8. The SMILES string of the molecule is CCCCCCC(CCCC[PH](CCC)(CCC)CCC)C(O)(P)CCCCCC.CCCP(CCC)CCC.O=NO.O=NO.O=NO.O=NO.O=NO.O=NO.[K]. The number of rotatable bonds is 28. The summed E-state index contributed by atoms with van der Waals surface area (Å²) in [7, 11) is 2.28. The van der Waals surface area contributed by atoms with E-state index in [-0.39, 0.29) is 51.4 Å². The molecular weight excluding hydrogens is 856 g/mol. The summed E-state index contributed by atoms with van der Waals surface area (Å²) in [6, 6.07) is 0. The van der Waals surface area contributed by atoms with E-state index in [9.17, 15) is 5.11 Å². The van der Waals surface area contributed by atoms with Gasteiger partial charge in [0.15, 0.2) is 32.0 Å². The van der Waals surface area contributed by atoms with Crippen molar-refractivity contribution in [1.82, 2.24) is 0 Å². The molecule has 59 heavy (non-hydrogen) atoms. The smallest absolute Gasteiger partial charge is 0.379 e. The molecule has 1 radical (unpaired) electrons. The molecule has 0 rings (SSSR count). The van der Waals surface area contributed by atoms with E-state index in [1.54, 1.807) is 18.5 Å². The maximum absolute atomic E-state index is 11.3. The number of aliphatic hydroxyl groups is 1. The monoisotopic (exact) mass is 944 g/mol. The normalized spacial score (nSPS) is 11.1. The number of hydrogen-bond donors (Lipinski definition) is 7. The molecule has 0 fully saturated rings. The van der Waals surface area contributed by atoms with Crippen molar-refractivity contribution in [3.63, 3.8) is 0 Å². The molecule has 0 aliphatic heterocycles. The number of unbranched alkanes of at least 4 members (excludes halogenated alkanes) is 7. The van der Waals surface area contributed by atoms with Gasteiger partial charge in [-0.2, -0.15) is 0 Å². The van der Waals surface area contributed by atoms with Crippen molar-refractivity contribution in [3.8, 4) is 0 Å². The average molecular weight is 944 g/mol. The molecule has 19 nitrogen and oxygen atoms in total. The molecule has 0 spiro atoms. The van der Waals surface area contributed by atoms with Crippen molar-refractivity contribution in [2.24, 2.45) is 38.0 Å². The topological polar surface area (TPSA) is 318 Å². The standard InChI is InChI=1S/C27H60OP2.C9H21P.K.6HNO2/c1-6-11-13-15-19-26(27(28,29)21-17-14-12-7-2)20-16-18-25-30(22-8-3,23-9-4)24-10-5;1-4-7-10(8-5-2)9-6-3;;6*2-1-3/h26,28,30H,6-25,29H2,1-5H3;4-9H2,1-3H3;;6*(H,2,3). The van der Waals surface area contributed by atoms with Crippen LogP contribution in [0.3, 0.4) is 0 Å². The Bertz CT molecular complexity index is 735. The van der Waals surface area contributed by atoms with Gasteiger partial charge in [-0.05, 0) is 18.5 Å². The van der Waals surface area contributed by atoms with Crippen LogP contribution in [0.1, 0.15) is 177 Å². The summed E-state index contributed by atoms with van der Waals surface area (Å²) in [5.41, 5.74) is 0. The summed E-state index contributed by atoms with van der Waals surface area (Å²) in [4.78, 5) is 48.7. The predicted molar refractivity (Wildman–Crippen MR) is 252 cm³/mol. The van der Waals surface area contributed by atoms with E-state index < -0.39 is 12.6 Å². The Morgan fingerprint density at radius 3 is 1.02 bits per heavy atom. The molecule has 0 saturated heterocycles. The van der Waals surface area contributed by atoms with Crippen LogP contribution in [-0.2, 0) is 0 Å². The molecule has 0 bridgehead atoms. The van der Waals surface area contributed by atoms with Crippen molar-refractivity contribution in [3.05, 3.63) is 29.4 Å².